The molecule has 1 N–H and O–H groups in total. The third-order valence-corrected chi connectivity index (χ3v) is 5.62. The van der Waals surface area contributed by atoms with Gasteiger partial charge in [-0.2, -0.15) is 8.42 Å². The van der Waals surface area contributed by atoms with Crippen molar-refractivity contribution in [3.63, 3.8) is 0 Å². The molecule has 1 aromatic carbocycles. The number of hydrogen-bond donors (Lipinski definition) is 1. The number of hydrogen-bond acceptors (Lipinski definition) is 4. The van der Waals surface area contributed by atoms with Crippen molar-refractivity contribution in [2.24, 2.45) is 0 Å². The second-order valence-electron chi connectivity index (χ2n) is 5.18. The number of sulfonamides is 1. The van der Waals surface area contributed by atoms with Crippen LogP contribution in [0.5, 0.6) is 0 Å². The number of carbonyl (C=O) groups is 1. The fraction of sp³-hybridized carbons (Fsp3) is 0.0667. The van der Waals surface area contributed by atoms with Gasteiger partial charge in [-0.25, -0.2) is 14.1 Å². The molecule has 0 saturated heterocycles. The standard InChI is InChI=1S/C15H10BrClFN3O3S/c1-8-2-4-10(18)6-11(8)14(22)20-25(23,24)15-13(17)19-12-5-3-9(16)7-21(12)15/h2-7H,1H3,(H,20,22). The zero-order valence-corrected chi connectivity index (χ0v) is 15.8. The van der Waals surface area contributed by atoms with Gasteiger partial charge in [0.1, 0.15) is 11.5 Å². The highest BCUT2D eigenvalue weighted by Crippen LogP contribution is 2.24. The normalized spacial score (nSPS) is 11.7. The average molecular weight is 447 g/mol. The molecule has 0 fully saturated rings. The molecule has 2 aromatic heterocycles. The lowest BCUT2D eigenvalue weighted by Crippen LogP contribution is -2.32. The van der Waals surface area contributed by atoms with Crippen LogP contribution in [0.2, 0.25) is 5.15 Å². The van der Waals surface area contributed by atoms with Crippen molar-refractivity contribution < 1.29 is 17.6 Å². The van der Waals surface area contributed by atoms with Crippen molar-refractivity contribution in [3.8, 4) is 0 Å². The van der Waals surface area contributed by atoms with E-state index < -0.39 is 21.7 Å². The van der Waals surface area contributed by atoms with Gasteiger partial charge in [0, 0.05) is 16.2 Å². The van der Waals surface area contributed by atoms with Crippen LogP contribution in [0, 0.1) is 12.7 Å². The van der Waals surface area contributed by atoms with Crippen LogP contribution in [-0.2, 0) is 10.0 Å². The maximum Gasteiger partial charge on any atom is 0.283 e. The molecule has 0 saturated carbocycles. The van der Waals surface area contributed by atoms with Gasteiger partial charge in [-0.3, -0.25) is 9.20 Å². The van der Waals surface area contributed by atoms with E-state index >= 15 is 0 Å². The second kappa shape index (κ2) is 6.40. The van der Waals surface area contributed by atoms with Gasteiger partial charge in [-0.1, -0.05) is 17.7 Å². The number of nitrogens with zero attached hydrogens (tertiary/aromatic N) is 2. The first-order chi connectivity index (χ1) is 11.7. The molecule has 0 aliphatic carbocycles. The molecule has 0 unspecified atom stereocenters. The lowest BCUT2D eigenvalue weighted by Gasteiger charge is -2.09. The number of amides is 1. The Balaban J connectivity index is 2.06. The van der Waals surface area contributed by atoms with Crippen molar-refractivity contribution in [3.05, 3.63) is 63.1 Å². The van der Waals surface area contributed by atoms with Gasteiger partial charge in [-0.15, -0.1) is 0 Å². The molecular weight excluding hydrogens is 437 g/mol. The topological polar surface area (TPSA) is 80.5 Å². The predicted molar refractivity (Wildman–Crippen MR) is 93.7 cm³/mol. The summed E-state index contributed by atoms with van der Waals surface area (Å²) in [5.41, 5.74) is 0.638. The number of nitrogens with one attached hydrogen (secondary N) is 1. The summed E-state index contributed by atoms with van der Waals surface area (Å²) in [5, 5.41) is -0.665. The molecule has 0 aliphatic rings. The molecule has 0 radical (unpaired) electrons. The third kappa shape index (κ3) is 3.39. The largest absolute Gasteiger partial charge is 0.287 e. The summed E-state index contributed by atoms with van der Waals surface area (Å²) >= 11 is 9.18. The highest BCUT2D eigenvalue weighted by molar-refractivity contribution is 9.10. The maximum atomic E-state index is 13.4. The van der Waals surface area contributed by atoms with E-state index in [9.17, 15) is 17.6 Å². The van der Waals surface area contributed by atoms with Crippen molar-refractivity contribution in [2.45, 2.75) is 11.9 Å². The molecule has 0 atom stereocenters. The number of aromatic nitrogens is 2. The van der Waals surface area contributed by atoms with Gasteiger partial charge >= 0.3 is 0 Å². The van der Waals surface area contributed by atoms with E-state index in [1.54, 1.807) is 19.1 Å². The lowest BCUT2D eigenvalue weighted by molar-refractivity contribution is 0.0980. The maximum absolute atomic E-state index is 13.4. The summed E-state index contributed by atoms with van der Waals surface area (Å²) in [6, 6.07) is 6.76. The van der Waals surface area contributed by atoms with Crippen LogP contribution in [0.15, 0.2) is 46.0 Å². The molecular formula is C15H10BrClFN3O3S. The monoisotopic (exact) mass is 445 g/mol. The van der Waals surface area contributed by atoms with Crippen molar-refractivity contribution >= 4 is 49.1 Å². The summed E-state index contributed by atoms with van der Waals surface area (Å²) in [6.45, 7) is 1.57. The summed E-state index contributed by atoms with van der Waals surface area (Å²) in [5.74, 6) is -1.61. The minimum absolute atomic E-state index is 0.0882. The number of aryl methyl sites for hydroxylation is 1. The third-order valence-electron chi connectivity index (χ3n) is 3.42. The van der Waals surface area contributed by atoms with Gasteiger partial charge in [-0.05, 0) is 52.7 Å². The van der Waals surface area contributed by atoms with E-state index in [2.05, 4.69) is 20.9 Å². The summed E-state index contributed by atoms with van der Waals surface area (Å²) in [7, 11) is -4.34. The minimum Gasteiger partial charge on any atom is -0.287 e. The van der Waals surface area contributed by atoms with Crippen molar-refractivity contribution in [2.75, 3.05) is 0 Å². The van der Waals surface area contributed by atoms with Crippen LogP contribution in [0.3, 0.4) is 0 Å². The van der Waals surface area contributed by atoms with Gasteiger partial charge < -0.3 is 0 Å². The van der Waals surface area contributed by atoms with Crippen LogP contribution in [-0.4, -0.2) is 23.7 Å². The Labute approximate surface area is 155 Å². The van der Waals surface area contributed by atoms with Crippen LogP contribution in [0.1, 0.15) is 15.9 Å². The Hall–Kier alpha value is -1.97. The summed E-state index contributed by atoms with van der Waals surface area (Å²) in [4.78, 5) is 16.3. The molecule has 0 aliphatic heterocycles. The van der Waals surface area contributed by atoms with Gasteiger partial charge in [0.2, 0.25) is 0 Å². The van der Waals surface area contributed by atoms with Crippen LogP contribution in [0.4, 0.5) is 4.39 Å². The number of fused-ring (bicyclic) bond motifs is 1. The van der Waals surface area contributed by atoms with Crippen molar-refractivity contribution in [1.29, 1.82) is 0 Å². The van der Waals surface area contributed by atoms with Gasteiger partial charge in [0.25, 0.3) is 15.9 Å². The van der Waals surface area contributed by atoms with Crippen molar-refractivity contribution in [1.82, 2.24) is 14.1 Å². The minimum atomic E-state index is -4.34. The van der Waals surface area contributed by atoms with Crippen LogP contribution in [0.25, 0.3) is 5.65 Å². The molecule has 3 rings (SSSR count). The SMILES string of the molecule is Cc1ccc(F)cc1C(=O)NS(=O)(=O)c1c(Cl)nc2ccc(Br)cn12. The zero-order valence-electron chi connectivity index (χ0n) is 12.6. The molecule has 3 aromatic rings. The van der Waals surface area contributed by atoms with E-state index in [0.29, 0.717) is 15.7 Å². The number of pyridine rings is 1. The van der Waals surface area contributed by atoms with Gasteiger partial charge in [0.05, 0.1) is 0 Å². The highest BCUT2D eigenvalue weighted by Gasteiger charge is 2.27. The number of rotatable bonds is 3. The molecule has 1 amide bonds. The Morgan fingerprint density at radius 3 is 2.76 bits per heavy atom. The second-order valence-corrected chi connectivity index (χ2v) is 8.05. The lowest BCUT2D eigenvalue weighted by atomic mass is 10.1. The smallest absolute Gasteiger partial charge is 0.283 e. The van der Waals surface area contributed by atoms with E-state index in [4.69, 9.17) is 11.6 Å². The first-order valence-corrected chi connectivity index (χ1v) is 9.51. The quantitative estimate of drug-likeness (QED) is 0.669. The molecule has 0 bridgehead atoms. The molecule has 6 nitrogen and oxygen atoms in total. The first-order valence-electron chi connectivity index (χ1n) is 6.85. The van der Waals surface area contributed by atoms with E-state index in [1.165, 1.54) is 22.7 Å². The Kier molecular flexibility index (Phi) is 4.56. The van der Waals surface area contributed by atoms with E-state index in [1.807, 2.05) is 4.72 Å². The number of imidazole rings is 1. The predicted octanol–water partition coefficient (Wildman–Crippen LogP) is 3.32. The Morgan fingerprint density at radius 2 is 2.04 bits per heavy atom. The molecule has 2 heterocycles. The average Bonchev–Trinajstić information content (AvgIpc) is 2.85. The molecule has 0 spiro atoms. The van der Waals surface area contributed by atoms with E-state index in [0.717, 1.165) is 6.07 Å². The fourth-order valence-electron chi connectivity index (χ4n) is 2.27. The number of carbonyl (C=O) groups excluding carboxylic acids is 1. The summed E-state index contributed by atoms with van der Waals surface area (Å²) in [6.07, 6.45) is 1.46. The Bertz CT molecular complexity index is 1110. The van der Waals surface area contributed by atoms with Crippen LogP contribution < -0.4 is 4.72 Å². The fourth-order valence-corrected chi connectivity index (χ4v) is 4.22. The van der Waals surface area contributed by atoms with Crippen LogP contribution >= 0.6 is 27.5 Å². The van der Waals surface area contributed by atoms with E-state index in [-0.39, 0.29) is 15.7 Å². The number of benzene rings is 1. The highest BCUT2D eigenvalue weighted by atomic mass is 79.9. The summed E-state index contributed by atoms with van der Waals surface area (Å²) < 4.78 is 42.4. The van der Waals surface area contributed by atoms with Gasteiger partial charge in [0.15, 0.2) is 10.2 Å². The number of halogens is 3. The first kappa shape index (κ1) is 17.8. The Morgan fingerprint density at radius 1 is 1.32 bits per heavy atom. The zero-order chi connectivity index (χ0) is 18.4. The molecule has 10 heteroatoms. The molecule has 25 heavy (non-hydrogen) atoms. The molecule has 130 valence electrons.